The summed E-state index contributed by atoms with van der Waals surface area (Å²) in [6.07, 6.45) is 2.58. The lowest BCUT2D eigenvalue weighted by atomic mass is 10.2. The molecule has 0 amide bonds. The molecule has 0 unspecified atom stereocenters. The molecule has 2 aromatic rings. The van der Waals surface area contributed by atoms with Crippen molar-refractivity contribution in [2.75, 3.05) is 11.5 Å². The van der Waals surface area contributed by atoms with E-state index in [4.69, 9.17) is 11.5 Å². The molecule has 2 rings (SSSR count). The molecule has 0 spiro atoms. The summed E-state index contributed by atoms with van der Waals surface area (Å²) >= 11 is 0. The number of nitrogens with two attached hydrogens (primary N) is 2. The number of nitrogen functional groups attached to an aromatic ring is 2. The van der Waals surface area contributed by atoms with Gasteiger partial charge in [0, 0.05) is 6.07 Å². The van der Waals surface area contributed by atoms with Gasteiger partial charge in [-0.25, -0.2) is 4.73 Å². The largest absolute Gasteiger partial charge is 0.711 e. The zero-order valence-electron chi connectivity index (χ0n) is 6.77. The number of fused-ring (bicyclic) bond motifs is 1. The van der Waals surface area contributed by atoms with Crippen LogP contribution in [0.1, 0.15) is 0 Å². The fourth-order valence-corrected chi connectivity index (χ4v) is 1.14. The average Bonchev–Trinajstić information content (AvgIpc) is 2.08. The molecule has 1 aromatic carbocycles. The number of hydrogen-bond donors (Lipinski definition) is 2. The lowest BCUT2D eigenvalue weighted by Gasteiger charge is -2.02. The summed E-state index contributed by atoms with van der Waals surface area (Å²) in [6.45, 7) is 0. The van der Waals surface area contributed by atoms with Gasteiger partial charge in [0.05, 0.1) is 16.8 Å². The summed E-state index contributed by atoms with van der Waals surface area (Å²) in [5.41, 5.74) is 12.7. The van der Waals surface area contributed by atoms with Crippen LogP contribution in [0.4, 0.5) is 11.4 Å². The smallest absolute Gasteiger partial charge is 0.289 e. The number of benzene rings is 1. The standard InChI is InChI=1S/C8H8N4O/c9-6-1-5-3-12(13)4-11-8(5)2-7(6)10/h1-4H,9-10H2. The van der Waals surface area contributed by atoms with Gasteiger partial charge in [-0.15, -0.1) is 0 Å². The van der Waals surface area contributed by atoms with E-state index in [1.54, 1.807) is 12.1 Å². The number of anilines is 2. The fourth-order valence-electron chi connectivity index (χ4n) is 1.14. The molecular formula is C8H8N4O. The Morgan fingerprint density at radius 1 is 1.23 bits per heavy atom. The van der Waals surface area contributed by atoms with Crippen molar-refractivity contribution in [3.8, 4) is 0 Å². The summed E-state index contributed by atoms with van der Waals surface area (Å²) < 4.78 is 0.623. The molecule has 0 saturated heterocycles. The molecule has 0 radical (unpaired) electrons. The fraction of sp³-hybridized carbons (Fsp3) is 0. The van der Waals surface area contributed by atoms with Gasteiger partial charge < -0.3 is 16.7 Å². The molecule has 4 N–H and O–H groups in total. The molecule has 0 atom stereocenters. The number of aromatic nitrogens is 2. The highest BCUT2D eigenvalue weighted by atomic mass is 16.5. The summed E-state index contributed by atoms with van der Waals surface area (Å²) in [7, 11) is 0. The summed E-state index contributed by atoms with van der Waals surface area (Å²) in [5.74, 6) is 0. The molecule has 1 heterocycles. The van der Waals surface area contributed by atoms with Crippen molar-refractivity contribution in [1.82, 2.24) is 4.98 Å². The van der Waals surface area contributed by atoms with Crippen LogP contribution >= 0.6 is 0 Å². The molecule has 5 heteroatoms. The minimum atomic E-state index is 0.459. The summed E-state index contributed by atoms with van der Waals surface area (Å²) in [4.78, 5) is 3.90. The second-order valence-electron chi connectivity index (χ2n) is 2.77. The van der Waals surface area contributed by atoms with Crippen LogP contribution in [0.2, 0.25) is 0 Å². The molecule has 0 aliphatic rings. The second-order valence-corrected chi connectivity index (χ2v) is 2.77. The first-order valence-corrected chi connectivity index (χ1v) is 3.70. The maximum absolute atomic E-state index is 10.9. The van der Waals surface area contributed by atoms with Gasteiger partial charge in [-0.1, -0.05) is 0 Å². The van der Waals surface area contributed by atoms with E-state index < -0.39 is 0 Å². The van der Waals surface area contributed by atoms with Crippen LogP contribution in [0, 0.1) is 5.21 Å². The zero-order valence-corrected chi connectivity index (χ0v) is 6.77. The highest BCUT2D eigenvalue weighted by Gasteiger charge is 2.04. The SMILES string of the molecule is Nc1cc2c[n+]([O-])cnc2cc1N. The van der Waals surface area contributed by atoms with E-state index in [1.807, 2.05) is 0 Å². The van der Waals surface area contributed by atoms with Crippen LogP contribution in [0.3, 0.4) is 0 Å². The van der Waals surface area contributed by atoms with Crippen LogP contribution in [0.5, 0.6) is 0 Å². The zero-order chi connectivity index (χ0) is 9.42. The first kappa shape index (κ1) is 7.60. The van der Waals surface area contributed by atoms with E-state index >= 15 is 0 Å². The predicted octanol–water partition coefficient (Wildman–Crippen LogP) is 0.0326. The van der Waals surface area contributed by atoms with Gasteiger partial charge in [0.25, 0.3) is 6.33 Å². The van der Waals surface area contributed by atoms with Crippen molar-refractivity contribution in [2.24, 2.45) is 0 Å². The first-order valence-electron chi connectivity index (χ1n) is 3.70. The van der Waals surface area contributed by atoms with E-state index in [-0.39, 0.29) is 0 Å². The van der Waals surface area contributed by atoms with Gasteiger partial charge in [0.1, 0.15) is 6.20 Å². The van der Waals surface area contributed by atoms with E-state index in [0.717, 1.165) is 0 Å². The van der Waals surface area contributed by atoms with E-state index in [2.05, 4.69) is 4.98 Å². The van der Waals surface area contributed by atoms with Crippen molar-refractivity contribution in [2.45, 2.75) is 0 Å². The van der Waals surface area contributed by atoms with Crippen molar-refractivity contribution in [3.05, 3.63) is 29.9 Å². The summed E-state index contributed by atoms with van der Waals surface area (Å²) in [6, 6.07) is 3.27. The van der Waals surface area contributed by atoms with Crippen molar-refractivity contribution < 1.29 is 4.73 Å². The lowest BCUT2D eigenvalue weighted by Crippen LogP contribution is -2.25. The third-order valence-corrected chi connectivity index (χ3v) is 1.81. The Labute approximate surface area is 74.2 Å². The molecule has 13 heavy (non-hydrogen) atoms. The van der Waals surface area contributed by atoms with Crippen molar-refractivity contribution >= 4 is 22.3 Å². The molecule has 5 nitrogen and oxygen atoms in total. The van der Waals surface area contributed by atoms with Crippen LogP contribution in [-0.4, -0.2) is 4.98 Å². The number of hydrogen-bond acceptors (Lipinski definition) is 4. The Morgan fingerprint density at radius 3 is 2.69 bits per heavy atom. The molecule has 0 saturated carbocycles. The van der Waals surface area contributed by atoms with Crippen molar-refractivity contribution in [3.63, 3.8) is 0 Å². The third-order valence-electron chi connectivity index (χ3n) is 1.81. The Hall–Kier alpha value is -2.04. The monoisotopic (exact) mass is 176 g/mol. The van der Waals surface area contributed by atoms with E-state index in [9.17, 15) is 5.21 Å². The van der Waals surface area contributed by atoms with Gasteiger partial charge in [-0.05, 0) is 11.1 Å². The van der Waals surface area contributed by atoms with E-state index in [1.165, 1.54) is 12.5 Å². The second kappa shape index (κ2) is 2.48. The molecule has 1 aromatic heterocycles. The number of rotatable bonds is 0. The molecule has 0 aliphatic carbocycles. The van der Waals surface area contributed by atoms with Crippen LogP contribution in [0.15, 0.2) is 24.7 Å². The van der Waals surface area contributed by atoms with Gasteiger partial charge >= 0.3 is 0 Å². The average molecular weight is 176 g/mol. The first-order chi connectivity index (χ1) is 6.16. The normalized spacial score (nSPS) is 10.5. The Balaban J connectivity index is 2.81. The highest BCUT2D eigenvalue weighted by Crippen LogP contribution is 2.20. The molecule has 0 bridgehead atoms. The predicted molar refractivity (Wildman–Crippen MR) is 49.5 cm³/mol. The lowest BCUT2D eigenvalue weighted by molar-refractivity contribution is -0.607. The molecule has 0 aliphatic heterocycles. The van der Waals surface area contributed by atoms with E-state index in [0.29, 0.717) is 27.0 Å². The minimum Gasteiger partial charge on any atom is -0.711 e. The Bertz CT molecular complexity index is 469. The number of nitrogens with zero attached hydrogens (tertiary/aromatic N) is 2. The molecular weight excluding hydrogens is 168 g/mol. The minimum absolute atomic E-state index is 0.459. The topological polar surface area (TPSA) is 91.9 Å². The maximum atomic E-state index is 10.9. The molecule has 66 valence electrons. The van der Waals surface area contributed by atoms with Crippen LogP contribution in [-0.2, 0) is 0 Å². The van der Waals surface area contributed by atoms with Gasteiger partial charge in [0.2, 0.25) is 0 Å². The third kappa shape index (κ3) is 1.20. The maximum Gasteiger partial charge on any atom is 0.289 e. The Kier molecular flexibility index (Phi) is 1.45. The van der Waals surface area contributed by atoms with Crippen molar-refractivity contribution in [1.29, 1.82) is 0 Å². The molecule has 0 fully saturated rings. The van der Waals surface area contributed by atoms with Gasteiger partial charge in [-0.3, -0.25) is 0 Å². The van der Waals surface area contributed by atoms with Crippen LogP contribution < -0.4 is 16.2 Å². The Morgan fingerprint density at radius 2 is 1.92 bits per heavy atom. The van der Waals surface area contributed by atoms with Gasteiger partial charge in [0.15, 0.2) is 5.52 Å². The quantitative estimate of drug-likeness (QED) is 0.336. The highest BCUT2D eigenvalue weighted by molar-refractivity contribution is 5.86. The summed E-state index contributed by atoms with van der Waals surface area (Å²) in [5, 5.41) is 11.5. The van der Waals surface area contributed by atoms with Gasteiger partial charge in [-0.2, -0.15) is 0 Å². The van der Waals surface area contributed by atoms with Crippen LogP contribution in [0.25, 0.3) is 10.9 Å².